The molecule has 0 radical (unpaired) electrons. The summed E-state index contributed by atoms with van der Waals surface area (Å²) in [7, 11) is 0. The zero-order chi connectivity index (χ0) is 18.1. The number of carboxylic acids is 1. The van der Waals surface area contributed by atoms with Crippen molar-refractivity contribution < 1.29 is 19.5 Å². The number of hydrogen-bond acceptors (Lipinski definition) is 5. The van der Waals surface area contributed by atoms with Gasteiger partial charge in [-0.2, -0.15) is 0 Å². The van der Waals surface area contributed by atoms with E-state index in [-0.39, 0.29) is 22.0 Å². The molecular weight excluding hydrogens is 412 g/mol. The van der Waals surface area contributed by atoms with Gasteiger partial charge in [0.15, 0.2) is 0 Å². The van der Waals surface area contributed by atoms with Crippen LogP contribution in [-0.4, -0.2) is 17.8 Å². The highest BCUT2D eigenvalue weighted by atomic mass is 79.9. The summed E-state index contributed by atoms with van der Waals surface area (Å²) >= 11 is 9.29. The molecule has 0 spiro atoms. The van der Waals surface area contributed by atoms with Crippen LogP contribution in [0.4, 0.5) is 11.4 Å². The third-order valence-electron chi connectivity index (χ3n) is 3.52. The summed E-state index contributed by atoms with van der Waals surface area (Å²) in [6, 6.07) is 12.4. The van der Waals surface area contributed by atoms with Crippen LogP contribution in [0.15, 0.2) is 63.7 Å². The molecular formula is C17H9BrClN2O4-. The molecule has 1 heterocycles. The Morgan fingerprint density at radius 2 is 1.68 bits per heavy atom. The summed E-state index contributed by atoms with van der Waals surface area (Å²) in [5.41, 5.74) is 0.112. The van der Waals surface area contributed by atoms with E-state index in [1.807, 2.05) is 0 Å². The second-order valence-corrected chi connectivity index (χ2v) is 6.36. The lowest BCUT2D eigenvalue weighted by Crippen LogP contribution is -2.32. The van der Waals surface area contributed by atoms with Crippen LogP contribution < -0.4 is 15.3 Å². The van der Waals surface area contributed by atoms with Crippen LogP contribution in [0.2, 0.25) is 0 Å². The van der Waals surface area contributed by atoms with Gasteiger partial charge in [-0.3, -0.25) is 9.59 Å². The van der Waals surface area contributed by atoms with Crippen molar-refractivity contribution in [2.75, 3.05) is 10.2 Å². The van der Waals surface area contributed by atoms with E-state index >= 15 is 0 Å². The highest BCUT2D eigenvalue weighted by molar-refractivity contribution is 9.10. The van der Waals surface area contributed by atoms with E-state index in [1.54, 1.807) is 30.3 Å². The number of imide groups is 1. The minimum Gasteiger partial charge on any atom is -0.545 e. The van der Waals surface area contributed by atoms with Gasteiger partial charge in [-0.15, -0.1) is 0 Å². The average molecular weight is 421 g/mol. The fraction of sp³-hybridized carbons (Fsp3) is 0. The molecule has 0 aliphatic carbocycles. The van der Waals surface area contributed by atoms with Crippen molar-refractivity contribution in [3.63, 3.8) is 0 Å². The molecule has 0 saturated heterocycles. The standard InChI is InChI=1S/C17H10BrClN2O4/c18-9-5-7-10(8-6-9)21-15(22)13(19)14(16(21)23)20-12-4-2-1-3-11(12)17(24)25/h1-8,20H,(H,24,25)/p-1. The van der Waals surface area contributed by atoms with Gasteiger partial charge in [0.25, 0.3) is 11.8 Å². The Bertz CT molecular complexity index is 925. The number of carbonyl (C=O) groups is 3. The monoisotopic (exact) mass is 419 g/mol. The maximum atomic E-state index is 12.6. The van der Waals surface area contributed by atoms with E-state index in [4.69, 9.17) is 11.6 Å². The molecule has 0 bridgehead atoms. The predicted octanol–water partition coefficient (Wildman–Crippen LogP) is 2.25. The van der Waals surface area contributed by atoms with Crippen LogP contribution in [0.3, 0.4) is 0 Å². The third-order valence-corrected chi connectivity index (χ3v) is 4.40. The zero-order valence-electron chi connectivity index (χ0n) is 12.5. The predicted molar refractivity (Wildman–Crippen MR) is 93.9 cm³/mol. The van der Waals surface area contributed by atoms with E-state index in [9.17, 15) is 19.5 Å². The molecule has 0 aromatic heterocycles. The molecule has 8 heteroatoms. The van der Waals surface area contributed by atoms with Crippen molar-refractivity contribution in [2.45, 2.75) is 0 Å². The van der Waals surface area contributed by atoms with Crippen LogP contribution in [-0.2, 0) is 9.59 Å². The average Bonchev–Trinajstić information content (AvgIpc) is 2.80. The number of hydrogen-bond donors (Lipinski definition) is 1. The number of amides is 2. The maximum Gasteiger partial charge on any atom is 0.283 e. The number of nitrogens with zero attached hydrogens (tertiary/aromatic N) is 1. The highest BCUT2D eigenvalue weighted by Gasteiger charge is 2.39. The Hall–Kier alpha value is -2.64. The summed E-state index contributed by atoms with van der Waals surface area (Å²) in [5, 5.41) is 13.5. The molecule has 1 N–H and O–H groups in total. The zero-order valence-corrected chi connectivity index (χ0v) is 14.8. The van der Waals surface area contributed by atoms with E-state index < -0.39 is 17.8 Å². The van der Waals surface area contributed by atoms with Gasteiger partial charge < -0.3 is 15.2 Å². The van der Waals surface area contributed by atoms with Gasteiger partial charge in [0.05, 0.1) is 11.7 Å². The molecule has 0 unspecified atom stereocenters. The van der Waals surface area contributed by atoms with Crippen molar-refractivity contribution in [3.05, 3.63) is 69.3 Å². The molecule has 0 atom stereocenters. The van der Waals surface area contributed by atoms with Crippen LogP contribution in [0.5, 0.6) is 0 Å². The highest BCUT2D eigenvalue weighted by Crippen LogP contribution is 2.31. The van der Waals surface area contributed by atoms with Gasteiger partial charge in [-0.1, -0.05) is 45.7 Å². The minimum atomic E-state index is -1.42. The fourth-order valence-corrected chi connectivity index (χ4v) is 2.82. The maximum absolute atomic E-state index is 12.6. The Kier molecular flexibility index (Phi) is 4.61. The van der Waals surface area contributed by atoms with Gasteiger partial charge in [-0.05, 0) is 30.3 Å². The molecule has 1 aliphatic rings. The normalized spacial score (nSPS) is 14.2. The summed E-state index contributed by atoms with van der Waals surface area (Å²) in [4.78, 5) is 37.1. The molecule has 6 nitrogen and oxygen atoms in total. The second kappa shape index (κ2) is 6.70. The number of aromatic carboxylic acids is 1. The molecule has 2 aromatic carbocycles. The molecule has 2 amide bonds. The number of halogens is 2. The first-order chi connectivity index (χ1) is 11.9. The Balaban J connectivity index is 1.95. The molecule has 2 aromatic rings. The Morgan fingerprint density at radius 3 is 2.32 bits per heavy atom. The molecule has 1 aliphatic heterocycles. The van der Waals surface area contributed by atoms with Gasteiger partial charge in [-0.25, -0.2) is 4.90 Å². The van der Waals surface area contributed by atoms with Gasteiger partial charge in [0, 0.05) is 15.7 Å². The van der Waals surface area contributed by atoms with E-state index in [0.717, 1.165) is 9.37 Å². The lowest BCUT2D eigenvalue weighted by atomic mass is 10.1. The molecule has 3 rings (SSSR count). The van der Waals surface area contributed by atoms with Gasteiger partial charge in [0.2, 0.25) is 0 Å². The van der Waals surface area contributed by atoms with E-state index in [0.29, 0.717) is 5.69 Å². The smallest absolute Gasteiger partial charge is 0.283 e. The summed E-state index contributed by atoms with van der Waals surface area (Å²) in [6.07, 6.45) is 0. The van der Waals surface area contributed by atoms with Crippen molar-refractivity contribution >= 4 is 56.7 Å². The number of carboxylic acid groups (broad SMARTS) is 1. The van der Waals surface area contributed by atoms with Crippen LogP contribution in [0.1, 0.15) is 10.4 Å². The van der Waals surface area contributed by atoms with Gasteiger partial charge in [0.1, 0.15) is 10.7 Å². The number of para-hydroxylation sites is 1. The topological polar surface area (TPSA) is 89.5 Å². The Morgan fingerprint density at radius 1 is 1.04 bits per heavy atom. The first kappa shape index (κ1) is 17.2. The van der Waals surface area contributed by atoms with Gasteiger partial charge >= 0.3 is 0 Å². The lowest BCUT2D eigenvalue weighted by Gasteiger charge is -2.16. The largest absolute Gasteiger partial charge is 0.545 e. The Labute approximate surface area is 155 Å². The van der Waals surface area contributed by atoms with Crippen molar-refractivity contribution in [3.8, 4) is 0 Å². The third kappa shape index (κ3) is 3.16. The molecule has 0 saturated carbocycles. The summed E-state index contributed by atoms with van der Waals surface area (Å²) in [5.74, 6) is -2.78. The van der Waals surface area contributed by atoms with Crippen LogP contribution in [0.25, 0.3) is 0 Å². The molecule has 0 fully saturated rings. The summed E-state index contributed by atoms with van der Waals surface area (Å²) in [6.45, 7) is 0. The van der Waals surface area contributed by atoms with Crippen molar-refractivity contribution in [1.82, 2.24) is 0 Å². The minimum absolute atomic E-state index is 0.106. The number of nitrogens with one attached hydrogen (secondary N) is 1. The second-order valence-electron chi connectivity index (χ2n) is 5.07. The van der Waals surface area contributed by atoms with Crippen molar-refractivity contribution in [1.29, 1.82) is 0 Å². The summed E-state index contributed by atoms with van der Waals surface area (Å²) < 4.78 is 0.788. The first-order valence-corrected chi connectivity index (χ1v) is 8.18. The van der Waals surface area contributed by atoms with Crippen LogP contribution in [0, 0.1) is 0 Å². The van der Waals surface area contributed by atoms with Crippen molar-refractivity contribution in [2.24, 2.45) is 0 Å². The molecule has 126 valence electrons. The number of rotatable bonds is 4. The fourth-order valence-electron chi connectivity index (χ4n) is 2.34. The van der Waals surface area contributed by atoms with Crippen LogP contribution >= 0.6 is 27.5 Å². The number of carbonyl (C=O) groups excluding carboxylic acids is 3. The quantitative estimate of drug-likeness (QED) is 0.766. The van der Waals surface area contributed by atoms with E-state index in [1.165, 1.54) is 18.2 Å². The lowest BCUT2D eigenvalue weighted by molar-refractivity contribution is -0.254. The van der Waals surface area contributed by atoms with E-state index in [2.05, 4.69) is 21.2 Å². The number of anilines is 2. The first-order valence-electron chi connectivity index (χ1n) is 7.01. The number of benzene rings is 2. The molecule has 25 heavy (non-hydrogen) atoms. The SMILES string of the molecule is O=C([O-])c1ccccc1NC1=C(Cl)C(=O)N(c2ccc(Br)cc2)C1=O.